The van der Waals surface area contributed by atoms with Gasteiger partial charge in [-0.3, -0.25) is 19.3 Å². The molecule has 65 heavy (non-hydrogen) atoms. The molecule has 0 radical (unpaired) electrons. The first kappa shape index (κ1) is 44.9. The highest BCUT2D eigenvalue weighted by Gasteiger charge is 2.28. The zero-order chi connectivity index (χ0) is 45.3. The number of hydrogen-bond acceptors (Lipinski definition) is 10. The molecule has 2 aromatic heterocycles. The van der Waals surface area contributed by atoms with Crippen LogP contribution in [-0.2, 0) is 29.2 Å². The molecule has 5 N–H and O–H groups in total. The lowest BCUT2D eigenvalue weighted by molar-refractivity contribution is -0.146. The van der Waals surface area contributed by atoms with Gasteiger partial charge in [0.15, 0.2) is 0 Å². The lowest BCUT2D eigenvalue weighted by Crippen LogP contribution is -2.35. The number of halogens is 1. The number of amides is 1. The molecule has 1 aliphatic rings. The number of thiophene rings is 1. The molecule has 2 atom stereocenters. The van der Waals surface area contributed by atoms with E-state index >= 15 is 4.39 Å². The molecule has 0 spiro atoms. The third-order valence-electron chi connectivity index (χ3n) is 11.9. The molecule has 0 aliphatic carbocycles. The Bertz CT molecular complexity index is 2810. The van der Waals surface area contributed by atoms with Crippen molar-refractivity contribution in [3.8, 4) is 21.9 Å². The Kier molecular flexibility index (Phi) is 14.5. The maximum absolute atomic E-state index is 15.5. The summed E-state index contributed by atoms with van der Waals surface area (Å²) in [6.45, 7) is 3.47. The first-order valence-corrected chi connectivity index (χ1v) is 22.5. The molecular formula is C52H51FN4O7S. The number of aliphatic hydroxyl groups is 1. The predicted octanol–water partition coefficient (Wildman–Crippen LogP) is 8.45. The molecule has 1 unspecified atom stereocenters. The number of hydrogen-bond donors (Lipinski definition) is 5. The van der Waals surface area contributed by atoms with Gasteiger partial charge < -0.3 is 35.3 Å². The van der Waals surface area contributed by atoms with Crippen LogP contribution in [0.5, 0.6) is 11.5 Å². The molecule has 334 valence electrons. The van der Waals surface area contributed by atoms with Crippen molar-refractivity contribution in [3.05, 3.63) is 188 Å². The van der Waals surface area contributed by atoms with Crippen molar-refractivity contribution in [1.82, 2.24) is 20.5 Å². The lowest BCUT2D eigenvalue weighted by atomic mass is 9.90. The summed E-state index contributed by atoms with van der Waals surface area (Å²) in [6.07, 6.45) is 0.906. The third kappa shape index (κ3) is 11.0. The van der Waals surface area contributed by atoms with Crippen molar-refractivity contribution in [3.63, 3.8) is 0 Å². The van der Waals surface area contributed by atoms with Gasteiger partial charge in [-0.05, 0) is 102 Å². The number of aromatic nitrogens is 1. The smallest absolute Gasteiger partial charge is 0.317 e. The van der Waals surface area contributed by atoms with Crippen molar-refractivity contribution < 1.29 is 33.7 Å². The summed E-state index contributed by atoms with van der Waals surface area (Å²) in [5.41, 5.74) is 4.49. The Labute approximate surface area is 380 Å². The highest BCUT2D eigenvalue weighted by atomic mass is 32.1. The summed E-state index contributed by atoms with van der Waals surface area (Å²) >= 11 is 1.51. The van der Waals surface area contributed by atoms with Crippen LogP contribution in [0, 0.1) is 11.7 Å². The van der Waals surface area contributed by atoms with Crippen LogP contribution >= 0.6 is 11.3 Å². The second-order valence-corrected chi connectivity index (χ2v) is 17.5. The van der Waals surface area contributed by atoms with Crippen molar-refractivity contribution in [2.45, 2.75) is 44.5 Å². The summed E-state index contributed by atoms with van der Waals surface area (Å²) in [4.78, 5) is 45.9. The Morgan fingerprint density at radius 1 is 0.877 bits per heavy atom. The van der Waals surface area contributed by atoms with Crippen LogP contribution in [0.15, 0.2) is 138 Å². The standard InChI is InChI=1S/C52H51FN4O7S/c1-63-46-27-38(26-43(53)42(46)29-54-30-45(59)40-16-18-44(58)50-41(40)17-20-48(60)56-50)51(61)55-28-39-15-19-47(65-39)36-13-8-14-37(25-36)49(35-11-6-3-7-12-35)52(62)64-32-34-21-23-57(24-22-34)31-33-9-4-2-5-10-33/h2-20,25-27,34,45,49,54,58-59H,21-24,28-32H2,1H3,(H,55,61)(H,56,60)/t45-,49?/m0/s1. The number of pyridine rings is 1. The first-order chi connectivity index (χ1) is 31.6. The number of phenolic OH excluding ortho intramolecular Hbond substituents is 1. The number of piperidine rings is 1. The van der Waals surface area contributed by atoms with Gasteiger partial charge in [-0.25, -0.2) is 4.39 Å². The molecular weight excluding hydrogens is 844 g/mol. The zero-order valence-corrected chi connectivity index (χ0v) is 36.8. The summed E-state index contributed by atoms with van der Waals surface area (Å²) < 4.78 is 27.1. The lowest BCUT2D eigenvalue weighted by Gasteiger charge is -2.32. The zero-order valence-electron chi connectivity index (χ0n) is 36.0. The van der Waals surface area contributed by atoms with Crippen molar-refractivity contribution >= 4 is 34.1 Å². The maximum Gasteiger partial charge on any atom is 0.317 e. The Morgan fingerprint density at radius 2 is 1.63 bits per heavy atom. The predicted molar refractivity (Wildman–Crippen MR) is 250 cm³/mol. The number of methoxy groups -OCH3 is 1. The number of carbonyl (C=O) groups is 2. The molecule has 1 amide bonds. The van der Waals surface area contributed by atoms with E-state index in [1.807, 2.05) is 72.8 Å². The van der Waals surface area contributed by atoms with Crippen molar-refractivity contribution in [1.29, 1.82) is 0 Å². The van der Waals surface area contributed by atoms with Gasteiger partial charge >= 0.3 is 5.97 Å². The average molecular weight is 895 g/mol. The minimum absolute atomic E-state index is 0.0113. The highest BCUT2D eigenvalue weighted by Crippen LogP contribution is 2.34. The molecule has 0 saturated carbocycles. The largest absolute Gasteiger partial charge is 0.506 e. The molecule has 5 aromatic carbocycles. The van der Waals surface area contributed by atoms with Crippen molar-refractivity contribution in [2.24, 2.45) is 5.92 Å². The maximum atomic E-state index is 15.5. The SMILES string of the molecule is COc1cc(C(=O)NCc2ccc(-c3cccc(C(C(=O)OCC4CCN(Cc5ccccc5)CC4)c4ccccc4)c3)s2)cc(F)c1CNC[C@H](O)c1ccc(O)c2[nH]c(=O)ccc12. The van der Waals surface area contributed by atoms with E-state index in [4.69, 9.17) is 9.47 Å². The van der Waals surface area contributed by atoms with Crippen molar-refractivity contribution in [2.75, 3.05) is 33.4 Å². The molecule has 0 bridgehead atoms. The van der Waals surface area contributed by atoms with Gasteiger partial charge in [0.1, 0.15) is 23.2 Å². The van der Waals surface area contributed by atoms with E-state index in [-0.39, 0.29) is 59.3 Å². The number of likely N-dealkylation sites (tertiary alicyclic amines) is 1. The topological polar surface area (TPSA) is 153 Å². The van der Waals surface area contributed by atoms with E-state index in [2.05, 4.69) is 44.8 Å². The summed E-state index contributed by atoms with van der Waals surface area (Å²) in [5.74, 6) is -1.64. The molecule has 13 heteroatoms. The fourth-order valence-electron chi connectivity index (χ4n) is 8.40. The third-order valence-corrected chi connectivity index (χ3v) is 13.1. The van der Waals surface area contributed by atoms with Gasteiger partial charge in [-0.2, -0.15) is 0 Å². The summed E-state index contributed by atoms with van der Waals surface area (Å²) in [7, 11) is 1.39. The molecule has 11 nitrogen and oxygen atoms in total. The van der Waals surface area contributed by atoms with Gasteiger partial charge in [-0.15, -0.1) is 11.3 Å². The fourth-order valence-corrected chi connectivity index (χ4v) is 9.35. The number of nitrogens with one attached hydrogen (secondary N) is 3. The number of rotatable bonds is 17. The van der Waals surface area contributed by atoms with Crippen LogP contribution in [0.1, 0.15) is 67.9 Å². The van der Waals surface area contributed by atoms with E-state index in [0.717, 1.165) is 65.0 Å². The number of fused-ring (bicyclic) bond motifs is 1. The van der Waals surface area contributed by atoms with Gasteiger partial charge in [0.2, 0.25) is 5.56 Å². The van der Waals surface area contributed by atoms with Crippen LogP contribution in [0.3, 0.4) is 0 Å². The number of phenols is 1. The van der Waals surface area contributed by atoms with Gasteiger partial charge in [-0.1, -0.05) is 84.9 Å². The molecule has 8 rings (SSSR count). The molecule has 1 fully saturated rings. The molecule has 1 saturated heterocycles. The Hall–Kier alpha value is -6.64. The Morgan fingerprint density at radius 3 is 2.40 bits per heavy atom. The number of benzene rings is 5. The van der Waals surface area contributed by atoms with E-state index in [1.165, 1.54) is 48.3 Å². The number of aromatic amines is 1. The average Bonchev–Trinajstić information content (AvgIpc) is 3.81. The van der Waals surface area contributed by atoms with Crippen LogP contribution in [0.2, 0.25) is 0 Å². The number of aliphatic hydroxyl groups excluding tert-OH is 1. The van der Waals surface area contributed by atoms with E-state index in [1.54, 1.807) is 6.07 Å². The number of ether oxygens (including phenoxy) is 2. The Balaban J connectivity index is 0.869. The first-order valence-electron chi connectivity index (χ1n) is 21.7. The van der Waals surface area contributed by atoms with Gasteiger partial charge in [0, 0.05) is 52.0 Å². The molecule has 7 aromatic rings. The monoisotopic (exact) mass is 894 g/mol. The number of esters is 1. The molecule has 1 aliphatic heterocycles. The second kappa shape index (κ2) is 20.9. The van der Waals surface area contributed by atoms with Crippen LogP contribution in [0.4, 0.5) is 4.39 Å². The number of H-pyrrole nitrogens is 1. The number of carbonyl (C=O) groups excluding carboxylic acids is 2. The van der Waals surface area contributed by atoms with E-state index < -0.39 is 23.7 Å². The van der Waals surface area contributed by atoms with E-state index in [9.17, 15) is 24.6 Å². The normalized spacial score (nSPS) is 14.2. The fraction of sp³-hybridized carbons (Fsp3) is 0.250. The minimum atomic E-state index is -1.05. The molecule has 3 heterocycles. The number of nitrogens with zero attached hydrogens (tertiary/aromatic N) is 1. The minimum Gasteiger partial charge on any atom is -0.506 e. The quantitative estimate of drug-likeness (QED) is 0.0567. The van der Waals surface area contributed by atoms with Gasteiger partial charge in [0.05, 0.1) is 31.9 Å². The highest BCUT2D eigenvalue weighted by molar-refractivity contribution is 7.15. The summed E-state index contributed by atoms with van der Waals surface area (Å²) in [6, 6.07) is 40.5. The second-order valence-electron chi connectivity index (χ2n) is 16.3. The summed E-state index contributed by atoms with van der Waals surface area (Å²) in [5, 5.41) is 27.5. The van der Waals surface area contributed by atoms with E-state index in [0.29, 0.717) is 23.5 Å². The van der Waals surface area contributed by atoms with Crippen LogP contribution in [-0.4, -0.2) is 65.3 Å². The van der Waals surface area contributed by atoms with Crippen LogP contribution < -0.4 is 20.9 Å². The number of aromatic hydroxyl groups is 1. The van der Waals surface area contributed by atoms with Gasteiger partial charge in [0.25, 0.3) is 5.91 Å². The van der Waals surface area contributed by atoms with Crippen LogP contribution in [0.25, 0.3) is 21.3 Å².